The van der Waals surface area contributed by atoms with E-state index < -0.39 is 40.7 Å². The Morgan fingerprint density at radius 2 is 1.60 bits per heavy atom. The first-order valence-electron chi connectivity index (χ1n) is 17.4. The molecule has 9 nitrogen and oxygen atoms in total. The molecule has 47 heavy (non-hydrogen) atoms. The summed E-state index contributed by atoms with van der Waals surface area (Å²) in [4.78, 5) is 50.2. The van der Waals surface area contributed by atoms with Crippen molar-refractivity contribution in [2.45, 2.75) is 110 Å². The number of hydrogen-bond acceptors (Lipinski definition) is 6. The number of anilines is 1. The molecule has 4 aliphatic heterocycles. The van der Waals surface area contributed by atoms with Crippen LogP contribution >= 0.6 is 0 Å². The number of nitrogens with zero attached hydrogens (tertiary/aromatic N) is 3. The van der Waals surface area contributed by atoms with E-state index in [1.165, 1.54) is 0 Å². The summed E-state index contributed by atoms with van der Waals surface area (Å²) < 4.78 is 12.8. The van der Waals surface area contributed by atoms with Crippen molar-refractivity contribution in [3.63, 3.8) is 0 Å². The van der Waals surface area contributed by atoms with Gasteiger partial charge in [-0.1, -0.05) is 65.8 Å². The first kappa shape index (κ1) is 35.1. The molecule has 4 aliphatic rings. The Hall–Kier alpha value is -3.17. The SMILES string of the molecule is CCOc1ccc(N2CC=C[C@]3(CC)O[C@]45C=CCN(C(C)(C)CC(C)(C)C)C(=O)C4N([C@@H](CO)CC(C)C)C(=O)[C@@H]5[C@@H]3C2=O)cc1. The van der Waals surface area contributed by atoms with Crippen molar-refractivity contribution in [3.05, 3.63) is 48.6 Å². The lowest BCUT2D eigenvalue weighted by atomic mass is 9.72. The second kappa shape index (κ2) is 12.7. The van der Waals surface area contributed by atoms with Gasteiger partial charge in [0.2, 0.25) is 17.7 Å². The smallest absolute Gasteiger partial charge is 0.249 e. The number of hydrogen-bond donors (Lipinski definition) is 1. The Bertz CT molecular complexity index is 1410. The average molecular weight is 650 g/mol. The van der Waals surface area contributed by atoms with Gasteiger partial charge in [0.15, 0.2) is 0 Å². The van der Waals surface area contributed by atoms with Crippen LogP contribution in [0.5, 0.6) is 5.75 Å². The highest BCUT2D eigenvalue weighted by molar-refractivity contribution is 6.04. The molecule has 1 N–H and O–H groups in total. The summed E-state index contributed by atoms with van der Waals surface area (Å²) in [5.74, 6) is -1.66. The maximum Gasteiger partial charge on any atom is 0.249 e. The first-order valence-corrected chi connectivity index (χ1v) is 17.4. The monoisotopic (exact) mass is 649 g/mol. The number of aliphatic hydroxyl groups is 1. The molecule has 1 unspecified atom stereocenters. The van der Waals surface area contributed by atoms with Crippen molar-refractivity contribution in [3.8, 4) is 5.75 Å². The summed E-state index contributed by atoms with van der Waals surface area (Å²) in [5, 5.41) is 10.7. The van der Waals surface area contributed by atoms with Crippen molar-refractivity contribution in [2.75, 3.05) is 31.2 Å². The quantitative estimate of drug-likeness (QED) is 0.343. The molecule has 6 atom stereocenters. The van der Waals surface area contributed by atoms with Crippen molar-refractivity contribution in [1.29, 1.82) is 0 Å². The zero-order valence-electron chi connectivity index (χ0n) is 29.8. The predicted octanol–water partition coefficient (Wildman–Crippen LogP) is 5.37. The van der Waals surface area contributed by atoms with Gasteiger partial charge in [-0.25, -0.2) is 0 Å². The van der Waals surface area contributed by atoms with E-state index in [2.05, 4.69) is 34.6 Å². The molecule has 2 fully saturated rings. The van der Waals surface area contributed by atoms with E-state index in [0.29, 0.717) is 44.0 Å². The number of likely N-dealkylation sites (tertiary alicyclic amines) is 1. The third kappa shape index (κ3) is 6.03. The van der Waals surface area contributed by atoms with Gasteiger partial charge in [0.1, 0.15) is 17.4 Å². The minimum Gasteiger partial charge on any atom is -0.494 e. The van der Waals surface area contributed by atoms with Crippen LogP contribution in [0.1, 0.15) is 81.6 Å². The summed E-state index contributed by atoms with van der Waals surface area (Å²) >= 11 is 0. The summed E-state index contributed by atoms with van der Waals surface area (Å²) in [7, 11) is 0. The zero-order chi connectivity index (χ0) is 34.5. The number of amides is 3. The standard InChI is InChI=1S/C38H55N3O6/c1-10-37-18-12-20-39(26-14-16-28(17-15-26)46-11-2)32(43)29(37)30-33(44)41(27(23-42)22-25(3)4)31-34(45)40(21-13-19-38(30,31)47-37)36(8,9)24-35(5,6)7/h12-19,25,27,29-31,42H,10-11,20-24H2,1-9H3/t27-,29-,30+,31?,37+,38+/m1/s1. The lowest BCUT2D eigenvalue weighted by Crippen LogP contribution is -2.62. The maximum atomic E-state index is 15.1. The molecule has 1 aromatic carbocycles. The highest BCUT2D eigenvalue weighted by atomic mass is 16.5. The van der Waals surface area contributed by atoms with E-state index in [-0.39, 0.29) is 35.7 Å². The molecule has 1 spiro atoms. The summed E-state index contributed by atoms with van der Waals surface area (Å²) in [6.07, 6.45) is 9.47. The van der Waals surface area contributed by atoms with Gasteiger partial charge in [0.05, 0.1) is 36.7 Å². The Kier molecular flexibility index (Phi) is 9.49. The van der Waals surface area contributed by atoms with Gasteiger partial charge < -0.3 is 29.3 Å². The van der Waals surface area contributed by atoms with E-state index in [4.69, 9.17) is 9.47 Å². The first-order chi connectivity index (χ1) is 22.1. The predicted molar refractivity (Wildman–Crippen MR) is 183 cm³/mol. The zero-order valence-corrected chi connectivity index (χ0v) is 29.8. The summed E-state index contributed by atoms with van der Waals surface area (Å²) in [5.41, 5.74) is -2.36. The Morgan fingerprint density at radius 3 is 2.17 bits per heavy atom. The van der Waals surface area contributed by atoms with Crippen LogP contribution in [0.2, 0.25) is 0 Å². The highest BCUT2D eigenvalue weighted by Crippen LogP contribution is 2.59. The molecule has 0 aliphatic carbocycles. The van der Waals surface area contributed by atoms with Crippen LogP contribution < -0.4 is 9.64 Å². The number of benzene rings is 1. The van der Waals surface area contributed by atoms with E-state index in [0.717, 1.165) is 6.42 Å². The van der Waals surface area contributed by atoms with Crippen LogP contribution in [0.25, 0.3) is 0 Å². The molecule has 2 saturated heterocycles. The third-order valence-corrected chi connectivity index (χ3v) is 10.4. The Balaban J connectivity index is 1.65. The molecular weight excluding hydrogens is 594 g/mol. The van der Waals surface area contributed by atoms with Crippen LogP contribution in [0, 0.1) is 23.2 Å². The number of aliphatic hydroxyl groups excluding tert-OH is 1. The van der Waals surface area contributed by atoms with Crippen molar-refractivity contribution in [1.82, 2.24) is 9.80 Å². The van der Waals surface area contributed by atoms with Gasteiger partial charge in [-0.05, 0) is 75.6 Å². The maximum absolute atomic E-state index is 15.1. The molecule has 3 amide bonds. The largest absolute Gasteiger partial charge is 0.494 e. The van der Waals surface area contributed by atoms with Crippen LogP contribution in [-0.2, 0) is 19.1 Å². The van der Waals surface area contributed by atoms with Crippen LogP contribution in [-0.4, -0.2) is 87.8 Å². The number of carbonyl (C=O) groups is 3. The lowest BCUT2D eigenvalue weighted by Gasteiger charge is -2.46. The normalized spacial score (nSPS) is 30.0. The highest BCUT2D eigenvalue weighted by Gasteiger charge is 2.76. The van der Waals surface area contributed by atoms with Gasteiger partial charge in [-0.2, -0.15) is 0 Å². The number of rotatable bonds is 10. The summed E-state index contributed by atoms with van der Waals surface area (Å²) in [6.45, 7) is 19.5. The Labute approximate surface area is 280 Å². The van der Waals surface area contributed by atoms with Gasteiger partial charge in [0.25, 0.3) is 0 Å². The molecule has 1 aromatic rings. The minimum absolute atomic E-state index is 0.0542. The van der Waals surface area contributed by atoms with Gasteiger partial charge in [-0.15, -0.1) is 0 Å². The minimum atomic E-state index is -1.38. The Morgan fingerprint density at radius 1 is 0.936 bits per heavy atom. The molecule has 0 saturated carbocycles. The van der Waals surface area contributed by atoms with Crippen LogP contribution in [0.15, 0.2) is 48.6 Å². The second-order valence-electron chi connectivity index (χ2n) is 16.0. The molecule has 0 radical (unpaired) electrons. The topological polar surface area (TPSA) is 99.6 Å². The van der Waals surface area contributed by atoms with E-state index in [1.807, 2.05) is 81.2 Å². The lowest BCUT2D eigenvalue weighted by molar-refractivity contribution is -0.159. The molecule has 9 heteroatoms. The van der Waals surface area contributed by atoms with Crippen LogP contribution in [0.3, 0.4) is 0 Å². The van der Waals surface area contributed by atoms with Crippen LogP contribution in [0.4, 0.5) is 5.69 Å². The molecule has 258 valence electrons. The molecule has 4 heterocycles. The van der Waals surface area contributed by atoms with E-state index >= 15 is 9.59 Å². The van der Waals surface area contributed by atoms with Crippen molar-refractivity contribution >= 4 is 23.4 Å². The van der Waals surface area contributed by atoms with Gasteiger partial charge >= 0.3 is 0 Å². The number of carbonyl (C=O) groups excluding carboxylic acids is 3. The van der Waals surface area contributed by atoms with Crippen molar-refractivity contribution < 1.29 is 29.0 Å². The molecule has 0 aromatic heterocycles. The van der Waals surface area contributed by atoms with E-state index in [1.54, 1.807) is 9.80 Å². The van der Waals surface area contributed by atoms with E-state index in [9.17, 15) is 9.90 Å². The van der Waals surface area contributed by atoms with Gasteiger partial charge in [-0.3, -0.25) is 14.4 Å². The number of ether oxygens (including phenoxy) is 2. The fourth-order valence-electron chi connectivity index (χ4n) is 8.97. The van der Waals surface area contributed by atoms with Crippen molar-refractivity contribution in [2.24, 2.45) is 23.2 Å². The molecule has 0 bridgehead atoms. The second-order valence-corrected chi connectivity index (χ2v) is 16.0. The molecular formula is C38H55N3O6. The fraction of sp³-hybridized carbons (Fsp3) is 0.658. The number of fused-ring (bicyclic) bond motifs is 2. The fourth-order valence-corrected chi connectivity index (χ4v) is 8.97. The van der Waals surface area contributed by atoms with Gasteiger partial charge in [0, 0.05) is 24.3 Å². The summed E-state index contributed by atoms with van der Waals surface area (Å²) in [6, 6.07) is 5.79. The molecule has 5 rings (SSSR count). The average Bonchev–Trinajstić information content (AvgIpc) is 3.27. The third-order valence-electron chi connectivity index (χ3n) is 10.4.